The Morgan fingerprint density at radius 2 is 1.50 bits per heavy atom. The van der Waals surface area contributed by atoms with Crippen molar-refractivity contribution in [2.75, 3.05) is 45.7 Å². The second-order valence-electron chi connectivity index (χ2n) is 6.18. The van der Waals surface area contributed by atoms with E-state index in [1.165, 1.54) is 0 Å². The summed E-state index contributed by atoms with van der Waals surface area (Å²) in [6, 6.07) is 14.7. The van der Waals surface area contributed by atoms with Gasteiger partial charge in [-0.3, -0.25) is 9.69 Å². The zero-order chi connectivity index (χ0) is 18.4. The molecule has 0 bridgehead atoms. The molecule has 2 aromatic carbocycles. The third kappa shape index (κ3) is 4.33. The van der Waals surface area contributed by atoms with E-state index in [1.807, 2.05) is 48.5 Å². The highest BCUT2D eigenvalue weighted by Gasteiger charge is 2.28. The summed E-state index contributed by atoms with van der Waals surface area (Å²) >= 11 is 0. The highest BCUT2D eigenvalue weighted by Crippen LogP contribution is 2.26. The predicted octanol–water partition coefficient (Wildman–Crippen LogP) is 2.29. The van der Waals surface area contributed by atoms with Crippen LogP contribution >= 0.6 is 0 Å². The Labute approximate surface area is 154 Å². The number of nitrogens with one attached hydrogen (secondary N) is 2. The summed E-state index contributed by atoms with van der Waals surface area (Å²) in [7, 11) is 3.26. The third-order valence-corrected chi connectivity index (χ3v) is 4.55. The minimum Gasteiger partial charge on any atom is -0.497 e. The molecular weight excluding hydrogens is 330 g/mol. The molecule has 1 heterocycles. The molecule has 6 nitrogen and oxygen atoms in total. The highest BCUT2D eigenvalue weighted by atomic mass is 16.5. The number of nitrogens with zero attached hydrogens (tertiary/aromatic N) is 1. The average molecular weight is 355 g/mol. The maximum atomic E-state index is 13.1. The van der Waals surface area contributed by atoms with Gasteiger partial charge in [0.15, 0.2) is 0 Å². The Morgan fingerprint density at radius 3 is 2.04 bits per heavy atom. The lowest BCUT2D eigenvalue weighted by molar-refractivity contribution is -0.121. The lowest BCUT2D eigenvalue weighted by atomic mass is 10.0. The normalized spacial score (nSPS) is 15.9. The lowest BCUT2D eigenvalue weighted by Crippen LogP contribution is -2.48. The largest absolute Gasteiger partial charge is 0.497 e. The van der Waals surface area contributed by atoms with Gasteiger partial charge >= 0.3 is 0 Å². The molecule has 1 aliphatic heterocycles. The molecule has 26 heavy (non-hydrogen) atoms. The van der Waals surface area contributed by atoms with Crippen LogP contribution in [0.2, 0.25) is 0 Å². The molecule has 138 valence electrons. The molecule has 2 aromatic rings. The molecule has 1 unspecified atom stereocenters. The Hall–Kier alpha value is -2.57. The zero-order valence-corrected chi connectivity index (χ0v) is 15.2. The van der Waals surface area contributed by atoms with E-state index in [4.69, 9.17) is 9.47 Å². The first kappa shape index (κ1) is 18.2. The van der Waals surface area contributed by atoms with Crippen LogP contribution < -0.4 is 20.1 Å². The molecule has 1 atom stereocenters. The number of hydrogen-bond donors (Lipinski definition) is 2. The number of carbonyl (C=O) groups is 1. The molecule has 0 aliphatic carbocycles. The first-order valence-corrected chi connectivity index (χ1v) is 8.75. The maximum absolute atomic E-state index is 13.1. The van der Waals surface area contributed by atoms with Crippen LogP contribution in [0.1, 0.15) is 11.6 Å². The van der Waals surface area contributed by atoms with Crippen LogP contribution in [-0.2, 0) is 4.79 Å². The van der Waals surface area contributed by atoms with Gasteiger partial charge < -0.3 is 20.1 Å². The van der Waals surface area contributed by atoms with Crippen LogP contribution in [0.15, 0.2) is 48.5 Å². The van der Waals surface area contributed by atoms with Crippen LogP contribution in [0.4, 0.5) is 5.69 Å². The summed E-state index contributed by atoms with van der Waals surface area (Å²) < 4.78 is 10.4. The van der Waals surface area contributed by atoms with Crippen LogP contribution in [0.3, 0.4) is 0 Å². The number of piperazine rings is 1. The second-order valence-corrected chi connectivity index (χ2v) is 6.18. The smallest absolute Gasteiger partial charge is 0.246 e. The fourth-order valence-corrected chi connectivity index (χ4v) is 3.14. The number of rotatable bonds is 6. The molecule has 3 rings (SSSR count). The number of benzene rings is 2. The molecule has 6 heteroatoms. The Bertz CT molecular complexity index is 710. The minimum atomic E-state index is -0.342. The number of hydrogen-bond acceptors (Lipinski definition) is 5. The van der Waals surface area contributed by atoms with Crippen LogP contribution in [0.5, 0.6) is 11.5 Å². The molecule has 1 saturated heterocycles. The summed E-state index contributed by atoms with van der Waals surface area (Å²) in [4.78, 5) is 15.3. The van der Waals surface area contributed by atoms with Gasteiger partial charge in [0.25, 0.3) is 0 Å². The van der Waals surface area contributed by atoms with Crippen molar-refractivity contribution in [1.82, 2.24) is 10.2 Å². The number of carbonyl (C=O) groups excluding carboxylic acids is 1. The van der Waals surface area contributed by atoms with Crippen molar-refractivity contribution < 1.29 is 14.3 Å². The van der Waals surface area contributed by atoms with Gasteiger partial charge in [0.1, 0.15) is 17.5 Å². The third-order valence-electron chi connectivity index (χ3n) is 4.55. The van der Waals surface area contributed by atoms with E-state index in [0.29, 0.717) is 0 Å². The molecule has 0 radical (unpaired) electrons. The van der Waals surface area contributed by atoms with Gasteiger partial charge in [0, 0.05) is 31.9 Å². The van der Waals surface area contributed by atoms with E-state index in [-0.39, 0.29) is 11.9 Å². The molecule has 1 fully saturated rings. The van der Waals surface area contributed by atoms with Crippen LogP contribution in [0.25, 0.3) is 0 Å². The standard InChI is InChI=1S/C20H25N3O3/c1-25-17-7-3-15(4-8-17)19(23-13-11-21-12-14-23)20(24)22-16-5-9-18(26-2)10-6-16/h3-10,19,21H,11-14H2,1-2H3,(H,22,24). The van der Waals surface area contributed by atoms with Crippen molar-refractivity contribution >= 4 is 11.6 Å². The highest BCUT2D eigenvalue weighted by molar-refractivity contribution is 5.95. The van der Waals surface area contributed by atoms with Gasteiger partial charge in [0.05, 0.1) is 14.2 Å². The summed E-state index contributed by atoms with van der Waals surface area (Å²) in [6.07, 6.45) is 0. The lowest BCUT2D eigenvalue weighted by Gasteiger charge is -2.34. The molecule has 1 aliphatic rings. The topological polar surface area (TPSA) is 62.8 Å². The van der Waals surface area contributed by atoms with Gasteiger partial charge in [-0.2, -0.15) is 0 Å². The number of methoxy groups -OCH3 is 2. The van der Waals surface area contributed by atoms with Gasteiger partial charge in [-0.25, -0.2) is 0 Å². The van der Waals surface area contributed by atoms with Crippen molar-refractivity contribution in [1.29, 1.82) is 0 Å². The van der Waals surface area contributed by atoms with Crippen LogP contribution in [-0.4, -0.2) is 51.2 Å². The predicted molar refractivity (Wildman–Crippen MR) is 102 cm³/mol. The van der Waals surface area contributed by atoms with Crippen molar-refractivity contribution in [2.45, 2.75) is 6.04 Å². The Morgan fingerprint density at radius 1 is 0.962 bits per heavy atom. The van der Waals surface area contributed by atoms with E-state index in [1.54, 1.807) is 14.2 Å². The van der Waals surface area contributed by atoms with Gasteiger partial charge in [-0.15, -0.1) is 0 Å². The van der Waals surface area contributed by atoms with Crippen LogP contribution in [0, 0.1) is 0 Å². The monoisotopic (exact) mass is 355 g/mol. The van der Waals surface area contributed by atoms with Crippen molar-refractivity contribution in [3.63, 3.8) is 0 Å². The second kappa shape index (κ2) is 8.69. The Kier molecular flexibility index (Phi) is 6.09. The first-order chi connectivity index (χ1) is 12.7. The summed E-state index contributed by atoms with van der Waals surface area (Å²) in [5.74, 6) is 1.50. The number of ether oxygens (including phenoxy) is 2. The fourth-order valence-electron chi connectivity index (χ4n) is 3.14. The van der Waals surface area contributed by atoms with E-state index >= 15 is 0 Å². The quantitative estimate of drug-likeness (QED) is 0.832. The zero-order valence-electron chi connectivity index (χ0n) is 15.2. The van der Waals surface area contributed by atoms with Crippen molar-refractivity contribution in [3.8, 4) is 11.5 Å². The van der Waals surface area contributed by atoms with E-state index in [9.17, 15) is 4.79 Å². The molecule has 0 spiro atoms. The Balaban J connectivity index is 1.81. The molecule has 1 amide bonds. The van der Waals surface area contributed by atoms with Crippen molar-refractivity contribution in [2.24, 2.45) is 0 Å². The van der Waals surface area contributed by atoms with E-state index in [2.05, 4.69) is 15.5 Å². The molecule has 0 aromatic heterocycles. The average Bonchev–Trinajstić information content (AvgIpc) is 2.70. The summed E-state index contributed by atoms with van der Waals surface area (Å²) in [5.41, 5.74) is 1.71. The first-order valence-electron chi connectivity index (χ1n) is 8.75. The van der Waals surface area contributed by atoms with Gasteiger partial charge in [0.2, 0.25) is 5.91 Å². The van der Waals surface area contributed by atoms with Gasteiger partial charge in [-0.05, 0) is 42.0 Å². The number of amides is 1. The van der Waals surface area contributed by atoms with E-state index < -0.39 is 0 Å². The van der Waals surface area contributed by atoms with Crippen molar-refractivity contribution in [3.05, 3.63) is 54.1 Å². The van der Waals surface area contributed by atoms with Gasteiger partial charge in [-0.1, -0.05) is 12.1 Å². The van der Waals surface area contributed by atoms with E-state index in [0.717, 1.165) is 48.9 Å². The maximum Gasteiger partial charge on any atom is 0.246 e. The number of anilines is 1. The minimum absolute atomic E-state index is 0.0396. The summed E-state index contributed by atoms with van der Waals surface area (Å²) in [5, 5.41) is 6.36. The fraction of sp³-hybridized carbons (Fsp3) is 0.350. The molecular formula is C20H25N3O3. The SMILES string of the molecule is COc1ccc(NC(=O)C(c2ccc(OC)cc2)N2CCNCC2)cc1. The summed E-state index contributed by atoms with van der Waals surface area (Å²) in [6.45, 7) is 3.41. The molecule has 0 saturated carbocycles. The molecule has 2 N–H and O–H groups in total.